The first kappa shape index (κ1) is 7.60. The van der Waals surface area contributed by atoms with Crippen LogP contribution in [0.3, 0.4) is 0 Å². The average Bonchev–Trinajstić information content (AvgIpc) is 2.59. The molecule has 2 atom stereocenters. The molecule has 1 saturated carbocycles. The lowest BCUT2D eigenvalue weighted by Gasteiger charge is -2.24. The lowest BCUT2D eigenvalue weighted by molar-refractivity contribution is 0.219. The zero-order chi connectivity index (χ0) is 7.84. The van der Waals surface area contributed by atoms with Crippen LogP contribution < -0.4 is 0 Å². The van der Waals surface area contributed by atoms with Crippen molar-refractivity contribution < 1.29 is 0 Å². The smallest absolute Gasteiger partial charge is 0.00387 e. The van der Waals surface area contributed by atoms with E-state index >= 15 is 0 Å². The van der Waals surface area contributed by atoms with Gasteiger partial charge >= 0.3 is 0 Å². The van der Waals surface area contributed by atoms with Crippen molar-refractivity contribution in [1.82, 2.24) is 4.90 Å². The standard InChI is InChI=1S/C10H19N/c1-8(2)11-5-3-4-9-6-10(9)7-11/h8-10H,3-7H2,1-2H3. The van der Waals surface area contributed by atoms with E-state index in [0.29, 0.717) is 0 Å². The van der Waals surface area contributed by atoms with E-state index < -0.39 is 0 Å². The summed E-state index contributed by atoms with van der Waals surface area (Å²) in [6.07, 6.45) is 4.48. The lowest BCUT2D eigenvalue weighted by atomic mass is 10.2. The van der Waals surface area contributed by atoms with Crippen LogP contribution in [0, 0.1) is 11.8 Å². The maximum absolute atomic E-state index is 2.65. The molecule has 2 aliphatic rings. The lowest BCUT2D eigenvalue weighted by Crippen LogP contribution is -2.32. The van der Waals surface area contributed by atoms with Gasteiger partial charge in [-0.2, -0.15) is 0 Å². The summed E-state index contributed by atoms with van der Waals surface area (Å²) in [7, 11) is 0. The minimum Gasteiger partial charge on any atom is -0.301 e. The van der Waals surface area contributed by atoms with Crippen molar-refractivity contribution in [2.45, 2.75) is 39.2 Å². The average molecular weight is 153 g/mol. The molecule has 1 heterocycles. The van der Waals surface area contributed by atoms with Crippen LogP contribution in [0.5, 0.6) is 0 Å². The maximum atomic E-state index is 2.65. The highest BCUT2D eigenvalue weighted by molar-refractivity contribution is 4.91. The van der Waals surface area contributed by atoms with Gasteiger partial charge < -0.3 is 4.90 Å². The molecule has 1 aliphatic carbocycles. The first-order chi connectivity index (χ1) is 5.27. The molecule has 2 unspecified atom stereocenters. The van der Waals surface area contributed by atoms with Gasteiger partial charge in [0.05, 0.1) is 0 Å². The third-order valence-corrected chi connectivity index (χ3v) is 3.29. The van der Waals surface area contributed by atoms with Crippen LogP contribution in [0.1, 0.15) is 33.1 Å². The Bertz CT molecular complexity index is 142. The first-order valence-electron chi connectivity index (χ1n) is 5.01. The largest absolute Gasteiger partial charge is 0.301 e. The summed E-state index contributed by atoms with van der Waals surface area (Å²) in [5.41, 5.74) is 0. The van der Waals surface area contributed by atoms with Crippen LogP contribution in [0.25, 0.3) is 0 Å². The van der Waals surface area contributed by atoms with E-state index in [9.17, 15) is 0 Å². The van der Waals surface area contributed by atoms with Crippen molar-refractivity contribution in [3.8, 4) is 0 Å². The van der Waals surface area contributed by atoms with Gasteiger partial charge in [-0.15, -0.1) is 0 Å². The van der Waals surface area contributed by atoms with Crippen molar-refractivity contribution in [1.29, 1.82) is 0 Å². The Morgan fingerprint density at radius 1 is 1.27 bits per heavy atom. The van der Waals surface area contributed by atoms with Crippen LogP contribution in [0.15, 0.2) is 0 Å². The zero-order valence-electron chi connectivity index (χ0n) is 7.71. The Balaban J connectivity index is 1.90. The molecule has 2 rings (SSSR count). The third kappa shape index (κ3) is 1.58. The number of fused-ring (bicyclic) bond motifs is 1. The molecule has 0 spiro atoms. The molecule has 0 N–H and O–H groups in total. The fourth-order valence-electron chi connectivity index (χ4n) is 2.31. The molecule has 0 aromatic heterocycles. The predicted molar refractivity (Wildman–Crippen MR) is 47.5 cm³/mol. The molecular formula is C10H19N. The van der Waals surface area contributed by atoms with E-state index in [1.54, 1.807) is 0 Å². The van der Waals surface area contributed by atoms with Crippen molar-refractivity contribution in [3.05, 3.63) is 0 Å². The van der Waals surface area contributed by atoms with Crippen LogP contribution >= 0.6 is 0 Å². The summed E-state index contributed by atoms with van der Waals surface area (Å²) in [4.78, 5) is 2.65. The van der Waals surface area contributed by atoms with Crippen LogP contribution in [0.4, 0.5) is 0 Å². The molecule has 1 aliphatic heterocycles. The molecule has 0 aromatic rings. The summed E-state index contributed by atoms with van der Waals surface area (Å²) in [5.74, 6) is 2.21. The predicted octanol–water partition coefficient (Wildman–Crippen LogP) is 2.13. The maximum Gasteiger partial charge on any atom is 0.00387 e. The topological polar surface area (TPSA) is 3.24 Å². The molecule has 64 valence electrons. The van der Waals surface area contributed by atoms with Crippen molar-refractivity contribution in [2.75, 3.05) is 13.1 Å². The van der Waals surface area contributed by atoms with Crippen LogP contribution in [-0.4, -0.2) is 24.0 Å². The van der Waals surface area contributed by atoms with Gasteiger partial charge in [0, 0.05) is 12.6 Å². The van der Waals surface area contributed by atoms with Crippen LogP contribution in [0.2, 0.25) is 0 Å². The van der Waals surface area contributed by atoms with E-state index in [1.165, 1.54) is 32.4 Å². The summed E-state index contributed by atoms with van der Waals surface area (Å²) in [6.45, 7) is 7.39. The highest BCUT2D eigenvalue weighted by Crippen LogP contribution is 2.44. The number of likely N-dealkylation sites (tertiary alicyclic amines) is 1. The van der Waals surface area contributed by atoms with Gasteiger partial charge in [0.25, 0.3) is 0 Å². The quantitative estimate of drug-likeness (QED) is 0.558. The molecule has 1 saturated heterocycles. The fraction of sp³-hybridized carbons (Fsp3) is 1.00. The zero-order valence-corrected chi connectivity index (χ0v) is 7.71. The van der Waals surface area contributed by atoms with E-state index in [1.807, 2.05) is 0 Å². The second-order valence-electron chi connectivity index (χ2n) is 4.49. The Morgan fingerprint density at radius 2 is 2.09 bits per heavy atom. The van der Waals surface area contributed by atoms with Crippen molar-refractivity contribution >= 4 is 0 Å². The Labute approximate surface area is 69.8 Å². The SMILES string of the molecule is CC(C)N1CCCC2CC2C1. The minimum absolute atomic E-state index is 0.773. The molecule has 1 nitrogen and oxygen atoms in total. The highest BCUT2D eigenvalue weighted by Gasteiger charge is 2.39. The van der Waals surface area contributed by atoms with Crippen LogP contribution in [-0.2, 0) is 0 Å². The number of rotatable bonds is 1. The second-order valence-corrected chi connectivity index (χ2v) is 4.49. The van der Waals surface area contributed by atoms with Gasteiger partial charge in [-0.1, -0.05) is 0 Å². The highest BCUT2D eigenvalue weighted by atomic mass is 15.2. The number of nitrogens with zero attached hydrogens (tertiary/aromatic N) is 1. The first-order valence-corrected chi connectivity index (χ1v) is 5.01. The van der Waals surface area contributed by atoms with Gasteiger partial charge in [-0.25, -0.2) is 0 Å². The van der Waals surface area contributed by atoms with Gasteiger partial charge in [0.15, 0.2) is 0 Å². The van der Waals surface area contributed by atoms with Gasteiger partial charge in [-0.3, -0.25) is 0 Å². The summed E-state index contributed by atoms with van der Waals surface area (Å²) in [5, 5.41) is 0. The second kappa shape index (κ2) is 2.78. The molecular weight excluding hydrogens is 134 g/mol. The van der Waals surface area contributed by atoms with Crippen molar-refractivity contribution in [2.24, 2.45) is 11.8 Å². The molecule has 2 fully saturated rings. The molecule has 0 aromatic carbocycles. The van der Waals surface area contributed by atoms with Crippen molar-refractivity contribution in [3.63, 3.8) is 0 Å². The summed E-state index contributed by atoms with van der Waals surface area (Å²) >= 11 is 0. The molecule has 0 bridgehead atoms. The fourth-order valence-corrected chi connectivity index (χ4v) is 2.31. The van der Waals surface area contributed by atoms with Gasteiger partial charge in [0.2, 0.25) is 0 Å². The monoisotopic (exact) mass is 153 g/mol. The molecule has 1 heteroatoms. The van der Waals surface area contributed by atoms with E-state index in [4.69, 9.17) is 0 Å². The third-order valence-electron chi connectivity index (χ3n) is 3.29. The Kier molecular flexibility index (Phi) is 1.92. The number of hydrogen-bond donors (Lipinski definition) is 0. The molecule has 0 amide bonds. The molecule has 0 radical (unpaired) electrons. The normalized spacial score (nSPS) is 38.5. The Morgan fingerprint density at radius 3 is 2.82 bits per heavy atom. The number of hydrogen-bond acceptors (Lipinski definition) is 1. The van der Waals surface area contributed by atoms with E-state index in [2.05, 4.69) is 18.7 Å². The Hall–Kier alpha value is -0.0400. The molecule has 11 heavy (non-hydrogen) atoms. The summed E-state index contributed by atoms with van der Waals surface area (Å²) < 4.78 is 0. The summed E-state index contributed by atoms with van der Waals surface area (Å²) in [6, 6.07) is 0.773. The van der Waals surface area contributed by atoms with E-state index in [-0.39, 0.29) is 0 Å². The van der Waals surface area contributed by atoms with Gasteiger partial charge in [0.1, 0.15) is 0 Å². The van der Waals surface area contributed by atoms with E-state index in [0.717, 1.165) is 17.9 Å². The van der Waals surface area contributed by atoms with Gasteiger partial charge in [-0.05, 0) is 51.5 Å². The minimum atomic E-state index is 0.773.